The Kier molecular flexibility index (Phi) is 3.18. The van der Waals surface area contributed by atoms with Crippen molar-refractivity contribution < 1.29 is 0 Å². The molecular formula is C14H14BrN3. The van der Waals surface area contributed by atoms with Crippen molar-refractivity contribution in [2.75, 3.05) is 5.73 Å². The van der Waals surface area contributed by atoms with Crippen LogP contribution in [0.5, 0.6) is 0 Å². The monoisotopic (exact) mass is 303 g/mol. The molecule has 92 valence electrons. The predicted octanol–water partition coefficient (Wildman–Crippen LogP) is 3.62. The standard InChI is InChI=1S/C14H14BrN3/c1-8-4-5-12(15)13(6-8)18-10(3)9(2)11(7-16)14(18)17/h4-6H,17H2,1-3H3. The molecule has 2 aromatic rings. The fourth-order valence-corrected chi connectivity index (χ4v) is 2.50. The second-order valence-electron chi connectivity index (χ2n) is 4.37. The summed E-state index contributed by atoms with van der Waals surface area (Å²) in [6.07, 6.45) is 0. The van der Waals surface area contributed by atoms with E-state index >= 15 is 0 Å². The van der Waals surface area contributed by atoms with E-state index in [4.69, 9.17) is 11.0 Å². The van der Waals surface area contributed by atoms with Gasteiger partial charge in [-0.15, -0.1) is 0 Å². The molecule has 3 nitrogen and oxygen atoms in total. The van der Waals surface area contributed by atoms with E-state index in [1.54, 1.807) is 0 Å². The van der Waals surface area contributed by atoms with Crippen LogP contribution in [0.2, 0.25) is 0 Å². The maximum absolute atomic E-state index is 9.15. The van der Waals surface area contributed by atoms with Crippen molar-refractivity contribution in [2.24, 2.45) is 0 Å². The summed E-state index contributed by atoms with van der Waals surface area (Å²) in [4.78, 5) is 0. The third kappa shape index (κ3) is 1.81. The summed E-state index contributed by atoms with van der Waals surface area (Å²) in [7, 11) is 0. The molecule has 0 aliphatic heterocycles. The minimum atomic E-state index is 0.499. The van der Waals surface area contributed by atoms with Gasteiger partial charge in [-0.25, -0.2) is 0 Å². The lowest BCUT2D eigenvalue weighted by molar-refractivity contribution is 1.01. The number of nitrogens with two attached hydrogens (primary N) is 1. The Morgan fingerprint density at radius 3 is 2.50 bits per heavy atom. The van der Waals surface area contributed by atoms with Crippen LogP contribution in [0.4, 0.5) is 5.82 Å². The van der Waals surface area contributed by atoms with E-state index in [1.165, 1.54) is 0 Å². The van der Waals surface area contributed by atoms with E-state index in [1.807, 2.05) is 43.5 Å². The molecule has 0 amide bonds. The third-order valence-corrected chi connectivity index (χ3v) is 3.88. The smallest absolute Gasteiger partial charge is 0.126 e. The molecule has 1 aromatic carbocycles. The highest BCUT2D eigenvalue weighted by molar-refractivity contribution is 9.10. The minimum Gasteiger partial charge on any atom is -0.384 e. The van der Waals surface area contributed by atoms with Gasteiger partial charge in [-0.3, -0.25) is 4.57 Å². The van der Waals surface area contributed by atoms with E-state index in [2.05, 4.69) is 22.0 Å². The molecule has 0 fully saturated rings. The molecule has 1 heterocycles. The third-order valence-electron chi connectivity index (χ3n) is 3.20. The van der Waals surface area contributed by atoms with Gasteiger partial charge in [0.1, 0.15) is 11.9 Å². The Labute approximate surface area is 115 Å². The summed E-state index contributed by atoms with van der Waals surface area (Å²) < 4.78 is 2.88. The van der Waals surface area contributed by atoms with Crippen LogP contribution in [0.25, 0.3) is 5.69 Å². The molecule has 0 aliphatic carbocycles. The van der Waals surface area contributed by atoms with Crippen molar-refractivity contribution in [1.29, 1.82) is 5.26 Å². The van der Waals surface area contributed by atoms with Gasteiger partial charge in [0, 0.05) is 10.2 Å². The minimum absolute atomic E-state index is 0.499. The molecule has 0 atom stereocenters. The molecule has 0 unspecified atom stereocenters. The van der Waals surface area contributed by atoms with Crippen molar-refractivity contribution in [3.63, 3.8) is 0 Å². The zero-order valence-corrected chi connectivity index (χ0v) is 12.2. The average Bonchev–Trinajstić information content (AvgIpc) is 2.54. The van der Waals surface area contributed by atoms with Crippen molar-refractivity contribution in [3.8, 4) is 11.8 Å². The van der Waals surface area contributed by atoms with Gasteiger partial charge in [0.25, 0.3) is 0 Å². The summed E-state index contributed by atoms with van der Waals surface area (Å²) in [5.41, 5.74) is 10.7. The fourth-order valence-electron chi connectivity index (χ4n) is 2.08. The largest absolute Gasteiger partial charge is 0.384 e. The number of nitrogens with zero attached hydrogens (tertiary/aromatic N) is 2. The van der Waals surface area contributed by atoms with Crippen molar-refractivity contribution in [2.45, 2.75) is 20.8 Å². The summed E-state index contributed by atoms with van der Waals surface area (Å²) in [6, 6.07) is 8.24. The number of rotatable bonds is 1. The van der Waals surface area contributed by atoms with E-state index in [9.17, 15) is 0 Å². The summed E-state index contributed by atoms with van der Waals surface area (Å²) in [5, 5.41) is 9.15. The van der Waals surface area contributed by atoms with Gasteiger partial charge in [-0.2, -0.15) is 5.26 Å². The van der Waals surface area contributed by atoms with Gasteiger partial charge in [-0.1, -0.05) is 6.07 Å². The van der Waals surface area contributed by atoms with Crippen LogP contribution >= 0.6 is 15.9 Å². The van der Waals surface area contributed by atoms with Crippen LogP contribution in [0, 0.1) is 32.1 Å². The second-order valence-corrected chi connectivity index (χ2v) is 5.23. The molecule has 18 heavy (non-hydrogen) atoms. The van der Waals surface area contributed by atoms with E-state index in [0.717, 1.165) is 27.0 Å². The van der Waals surface area contributed by atoms with Crippen LogP contribution in [0.15, 0.2) is 22.7 Å². The number of nitrogen functional groups attached to an aromatic ring is 1. The average molecular weight is 304 g/mol. The molecule has 0 aliphatic rings. The van der Waals surface area contributed by atoms with E-state index in [-0.39, 0.29) is 0 Å². The molecule has 0 radical (unpaired) electrons. The molecule has 1 aromatic heterocycles. The maximum atomic E-state index is 9.15. The quantitative estimate of drug-likeness (QED) is 0.875. The molecule has 4 heteroatoms. The number of aromatic nitrogens is 1. The molecule has 2 N–H and O–H groups in total. The summed E-state index contributed by atoms with van der Waals surface area (Å²) in [6.45, 7) is 5.93. The highest BCUT2D eigenvalue weighted by Crippen LogP contribution is 2.31. The Morgan fingerprint density at radius 2 is 1.94 bits per heavy atom. The van der Waals surface area contributed by atoms with E-state index < -0.39 is 0 Å². The lowest BCUT2D eigenvalue weighted by Crippen LogP contribution is -2.03. The summed E-state index contributed by atoms with van der Waals surface area (Å²) >= 11 is 3.53. The lowest BCUT2D eigenvalue weighted by Gasteiger charge is -2.12. The molecular weight excluding hydrogens is 290 g/mol. The number of aryl methyl sites for hydroxylation is 1. The van der Waals surface area contributed by atoms with Crippen molar-refractivity contribution in [3.05, 3.63) is 45.1 Å². The number of halogens is 1. The zero-order chi connectivity index (χ0) is 13.4. The molecule has 0 saturated carbocycles. The van der Waals surface area contributed by atoms with Gasteiger partial charge < -0.3 is 5.73 Å². The predicted molar refractivity (Wildman–Crippen MR) is 76.8 cm³/mol. The SMILES string of the molecule is Cc1ccc(Br)c(-n2c(C)c(C)c(C#N)c2N)c1. The van der Waals surface area contributed by atoms with Gasteiger partial charge in [0.2, 0.25) is 0 Å². The van der Waals surface area contributed by atoms with Crippen LogP contribution < -0.4 is 5.73 Å². The van der Waals surface area contributed by atoms with Gasteiger partial charge in [0.05, 0.1) is 11.3 Å². The molecule has 0 spiro atoms. The highest BCUT2D eigenvalue weighted by Gasteiger charge is 2.17. The van der Waals surface area contributed by atoms with Crippen LogP contribution in [0.1, 0.15) is 22.4 Å². The van der Waals surface area contributed by atoms with Crippen LogP contribution in [-0.2, 0) is 0 Å². The molecule has 2 rings (SSSR count). The van der Waals surface area contributed by atoms with Crippen LogP contribution in [0.3, 0.4) is 0 Å². The first-order chi connectivity index (χ1) is 8.47. The zero-order valence-electron chi connectivity index (χ0n) is 10.6. The lowest BCUT2D eigenvalue weighted by atomic mass is 10.2. The Morgan fingerprint density at radius 1 is 1.28 bits per heavy atom. The maximum Gasteiger partial charge on any atom is 0.126 e. The number of anilines is 1. The Bertz CT molecular complexity index is 663. The first kappa shape index (κ1) is 12.7. The van der Waals surface area contributed by atoms with Crippen molar-refractivity contribution >= 4 is 21.7 Å². The van der Waals surface area contributed by atoms with Gasteiger partial charge >= 0.3 is 0 Å². The van der Waals surface area contributed by atoms with Gasteiger partial charge in [0.15, 0.2) is 0 Å². The first-order valence-electron chi connectivity index (χ1n) is 5.61. The molecule has 0 bridgehead atoms. The number of hydrogen-bond donors (Lipinski definition) is 1. The van der Waals surface area contributed by atoms with Crippen LogP contribution in [-0.4, -0.2) is 4.57 Å². The summed E-state index contributed by atoms with van der Waals surface area (Å²) in [5.74, 6) is 0.499. The topological polar surface area (TPSA) is 54.7 Å². The first-order valence-corrected chi connectivity index (χ1v) is 6.40. The van der Waals surface area contributed by atoms with E-state index in [0.29, 0.717) is 11.4 Å². The number of hydrogen-bond acceptors (Lipinski definition) is 2. The Balaban J connectivity index is 2.80. The van der Waals surface area contributed by atoms with Gasteiger partial charge in [-0.05, 0) is 60.0 Å². The van der Waals surface area contributed by atoms with Crippen molar-refractivity contribution in [1.82, 2.24) is 4.57 Å². The highest BCUT2D eigenvalue weighted by atomic mass is 79.9. The fraction of sp³-hybridized carbons (Fsp3) is 0.214. The number of benzene rings is 1. The Hall–Kier alpha value is -1.73. The number of nitriles is 1. The normalized spacial score (nSPS) is 10.4. The second kappa shape index (κ2) is 4.51. The molecule has 0 saturated heterocycles.